The molecule has 2 aromatic heterocycles. The molecule has 0 radical (unpaired) electrons. The summed E-state index contributed by atoms with van der Waals surface area (Å²) in [6.45, 7) is 4.70. The molecule has 0 aliphatic heterocycles. The Morgan fingerprint density at radius 2 is 1.09 bits per heavy atom. The molecule has 0 N–H and O–H groups in total. The van der Waals surface area contributed by atoms with E-state index in [2.05, 4.69) is 147 Å². The van der Waals surface area contributed by atoms with Gasteiger partial charge in [-0.3, -0.25) is 0 Å². The lowest BCUT2D eigenvalue weighted by Crippen LogP contribution is -2.14. The van der Waals surface area contributed by atoms with E-state index >= 15 is 0 Å². The summed E-state index contributed by atoms with van der Waals surface area (Å²) < 4.78 is 2.53. The predicted molar refractivity (Wildman–Crippen MR) is 194 cm³/mol. The second kappa shape index (κ2) is 10.3. The van der Waals surface area contributed by atoms with Gasteiger partial charge >= 0.3 is 0 Å². The van der Waals surface area contributed by atoms with Crippen molar-refractivity contribution in [3.63, 3.8) is 0 Å². The van der Waals surface area contributed by atoms with Crippen molar-refractivity contribution in [3.8, 4) is 56.2 Å². The standard InChI is InChI=1S/C43H30N2S/c1-43(2)35-21-10-9-17-31(35)32-24-23-29(25-36(32)43)30-18-11-19-33-40-34(20-12-22-39(40)46-41(30)33)42-44-37(27-13-5-3-6-14-27)26-38(45-42)28-15-7-4-8-16-28/h3-26H,1-2H3. The molecule has 9 rings (SSSR count). The lowest BCUT2D eigenvalue weighted by Gasteiger charge is -2.22. The number of nitrogens with zero attached hydrogens (tertiary/aromatic N) is 2. The van der Waals surface area contributed by atoms with Crippen LogP contribution in [0.15, 0.2) is 146 Å². The van der Waals surface area contributed by atoms with Crippen LogP contribution in [0.5, 0.6) is 0 Å². The highest BCUT2D eigenvalue weighted by Crippen LogP contribution is 2.50. The van der Waals surface area contributed by atoms with Crippen LogP contribution >= 0.6 is 11.3 Å². The second-order valence-electron chi connectivity index (χ2n) is 12.6. The van der Waals surface area contributed by atoms with Crippen molar-refractivity contribution < 1.29 is 0 Å². The maximum Gasteiger partial charge on any atom is 0.161 e. The van der Waals surface area contributed by atoms with E-state index in [1.54, 1.807) is 0 Å². The monoisotopic (exact) mass is 606 g/mol. The second-order valence-corrected chi connectivity index (χ2v) is 13.6. The molecule has 0 bridgehead atoms. The molecule has 8 aromatic rings. The number of thiophene rings is 1. The van der Waals surface area contributed by atoms with Gasteiger partial charge in [0.15, 0.2) is 5.82 Å². The molecular formula is C43H30N2S. The van der Waals surface area contributed by atoms with Crippen LogP contribution in [0, 0.1) is 0 Å². The maximum atomic E-state index is 5.19. The molecule has 0 spiro atoms. The lowest BCUT2D eigenvalue weighted by molar-refractivity contribution is 0.660. The zero-order valence-corrected chi connectivity index (χ0v) is 26.5. The Bertz CT molecular complexity index is 2380. The molecule has 0 unspecified atom stereocenters. The molecular weight excluding hydrogens is 577 g/mol. The highest BCUT2D eigenvalue weighted by Gasteiger charge is 2.35. The Morgan fingerprint density at radius 3 is 1.83 bits per heavy atom. The fourth-order valence-corrected chi connectivity index (χ4v) is 8.48. The minimum Gasteiger partial charge on any atom is -0.228 e. The molecule has 0 fully saturated rings. The third kappa shape index (κ3) is 4.16. The van der Waals surface area contributed by atoms with E-state index < -0.39 is 0 Å². The van der Waals surface area contributed by atoms with Crippen LogP contribution in [0.2, 0.25) is 0 Å². The Hall–Kier alpha value is -5.38. The highest BCUT2D eigenvalue weighted by atomic mass is 32.1. The van der Waals surface area contributed by atoms with E-state index in [1.165, 1.54) is 53.6 Å². The molecule has 3 heteroatoms. The van der Waals surface area contributed by atoms with E-state index in [0.717, 1.165) is 33.9 Å². The zero-order valence-electron chi connectivity index (χ0n) is 25.7. The van der Waals surface area contributed by atoms with Gasteiger partial charge < -0.3 is 0 Å². The van der Waals surface area contributed by atoms with Gasteiger partial charge in [0.25, 0.3) is 0 Å². The van der Waals surface area contributed by atoms with E-state index in [-0.39, 0.29) is 5.41 Å². The zero-order chi connectivity index (χ0) is 30.8. The summed E-state index contributed by atoms with van der Waals surface area (Å²) in [6.07, 6.45) is 0. The quantitative estimate of drug-likeness (QED) is 0.199. The van der Waals surface area contributed by atoms with Crippen LogP contribution < -0.4 is 0 Å². The summed E-state index contributed by atoms with van der Waals surface area (Å²) in [4.78, 5) is 10.4. The third-order valence-corrected chi connectivity index (χ3v) is 10.7. The molecule has 6 aromatic carbocycles. The number of rotatable bonds is 4. The summed E-state index contributed by atoms with van der Waals surface area (Å²) >= 11 is 1.86. The summed E-state index contributed by atoms with van der Waals surface area (Å²) in [6, 6.07) is 52.1. The van der Waals surface area contributed by atoms with Gasteiger partial charge in [0.05, 0.1) is 11.4 Å². The van der Waals surface area contributed by atoms with Crippen LogP contribution in [0.3, 0.4) is 0 Å². The van der Waals surface area contributed by atoms with Crippen molar-refractivity contribution in [2.75, 3.05) is 0 Å². The Morgan fingerprint density at radius 1 is 0.478 bits per heavy atom. The SMILES string of the molecule is CC1(C)c2ccccc2-c2ccc(-c3cccc4c3sc3cccc(-c5nc(-c6ccccc6)cc(-c6ccccc6)n5)c34)cc21. The third-order valence-electron chi connectivity index (χ3n) is 9.52. The number of aromatic nitrogens is 2. The number of hydrogen-bond donors (Lipinski definition) is 0. The average Bonchev–Trinajstić information content (AvgIpc) is 3.61. The lowest BCUT2D eigenvalue weighted by atomic mass is 9.81. The van der Waals surface area contributed by atoms with Crippen molar-refractivity contribution in [3.05, 3.63) is 157 Å². The van der Waals surface area contributed by atoms with Crippen LogP contribution in [0.4, 0.5) is 0 Å². The largest absolute Gasteiger partial charge is 0.228 e. The van der Waals surface area contributed by atoms with E-state index in [4.69, 9.17) is 9.97 Å². The summed E-state index contributed by atoms with van der Waals surface area (Å²) in [5, 5.41) is 2.45. The van der Waals surface area contributed by atoms with Crippen molar-refractivity contribution in [2.45, 2.75) is 19.3 Å². The first kappa shape index (κ1) is 27.0. The summed E-state index contributed by atoms with van der Waals surface area (Å²) in [7, 11) is 0. The molecule has 1 aliphatic carbocycles. The van der Waals surface area contributed by atoms with Gasteiger partial charge in [-0.15, -0.1) is 11.3 Å². The first-order valence-electron chi connectivity index (χ1n) is 15.8. The summed E-state index contributed by atoms with van der Waals surface area (Å²) in [5.41, 5.74) is 13.0. The van der Waals surface area contributed by atoms with Gasteiger partial charge in [-0.25, -0.2) is 9.97 Å². The molecule has 2 heterocycles. The number of fused-ring (bicyclic) bond motifs is 6. The van der Waals surface area contributed by atoms with Gasteiger partial charge in [0.2, 0.25) is 0 Å². The molecule has 0 amide bonds. The van der Waals surface area contributed by atoms with Gasteiger partial charge in [-0.2, -0.15) is 0 Å². The summed E-state index contributed by atoms with van der Waals surface area (Å²) in [5.74, 6) is 0.743. The fourth-order valence-electron chi connectivity index (χ4n) is 7.21. The molecule has 218 valence electrons. The van der Waals surface area contributed by atoms with E-state index in [0.29, 0.717) is 0 Å². The number of benzene rings is 6. The Balaban J connectivity index is 1.24. The van der Waals surface area contributed by atoms with Crippen molar-refractivity contribution in [1.82, 2.24) is 9.97 Å². The molecule has 0 saturated heterocycles. The Kier molecular flexibility index (Phi) is 6.06. The molecule has 0 saturated carbocycles. The van der Waals surface area contributed by atoms with Crippen LogP contribution in [-0.2, 0) is 5.41 Å². The van der Waals surface area contributed by atoms with Gasteiger partial charge in [0, 0.05) is 42.3 Å². The number of hydrogen-bond acceptors (Lipinski definition) is 3. The Labute approximate surface area is 272 Å². The molecule has 0 atom stereocenters. The first-order valence-corrected chi connectivity index (χ1v) is 16.6. The first-order chi connectivity index (χ1) is 22.6. The van der Waals surface area contributed by atoms with E-state index in [1.807, 2.05) is 23.5 Å². The molecule has 2 nitrogen and oxygen atoms in total. The molecule has 1 aliphatic rings. The van der Waals surface area contributed by atoms with Gasteiger partial charge in [-0.1, -0.05) is 141 Å². The minimum atomic E-state index is -0.0409. The van der Waals surface area contributed by atoms with Crippen molar-refractivity contribution in [2.24, 2.45) is 0 Å². The topological polar surface area (TPSA) is 25.8 Å². The van der Waals surface area contributed by atoms with Gasteiger partial charge in [0.1, 0.15) is 0 Å². The van der Waals surface area contributed by atoms with Crippen LogP contribution in [0.25, 0.3) is 76.3 Å². The fraction of sp³-hybridized carbons (Fsp3) is 0.0698. The van der Waals surface area contributed by atoms with E-state index in [9.17, 15) is 0 Å². The van der Waals surface area contributed by atoms with Crippen LogP contribution in [0.1, 0.15) is 25.0 Å². The molecule has 46 heavy (non-hydrogen) atoms. The van der Waals surface area contributed by atoms with Crippen molar-refractivity contribution >= 4 is 31.5 Å². The maximum absolute atomic E-state index is 5.19. The average molecular weight is 607 g/mol. The van der Waals surface area contributed by atoms with Crippen molar-refractivity contribution in [1.29, 1.82) is 0 Å². The highest BCUT2D eigenvalue weighted by molar-refractivity contribution is 7.26. The van der Waals surface area contributed by atoms with Crippen LogP contribution in [-0.4, -0.2) is 9.97 Å². The minimum absolute atomic E-state index is 0.0409. The normalized spacial score (nSPS) is 13.2. The van der Waals surface area contributed by atoms with Gasteiger partial charge in [-0.05, 0) is 51.6 Å². The smallest absolute Gasteiger partial charge is 0.161 e. The predicted octanol–water partition coefficient (Wildman–Crippen LogP) is 11.8.